The summed E-state index contributed by atoms with van der Waals surface area (Å²) in [7, 11) is 0.696. The van der Waals surface area contributed by atoms with Crippen molar-refractivity contribution in [3.8, 4) is 17.1 Å². The van der Waals surface area contributed by atoms with Crippen molar-refractivity contribution in [1.82, 2.24) is 9.29 Å². The van der Waals surface area contributed by atoms with Crippen LogP contribution in [0.5, 0.6) is 5.75 Å². The lowest BCUT2D eigenvalue weighted by atomic mass is 10.1. The second-order valence-electron chi connectivity index (χ2n) is 7.18. The smallest absolute Gasteiger partial charge is 0.242 e. The number of benzene rings is 2. The van der Waals surface area contributed by atoms with Gasteiger partial charge in [0.15, 0.2) is 11.7 Å². The second-order valence-corrected chi connectivity index (χ2v) is 9.33. The highest BCUT2D eigenvalue weighted by molar-refractivity contribution is 7.89. The van der Waals surface area contributed by atoms with Crippen LogP contribution in [0.2, 0.25) is 0 Å². The molecule has 0 bridgehead atoms. The summed E-state index contributed by atoms with van der Waals surface area (Å²) in [5, 5.41) is 2.71. The first-order valence-corrected chi connectivity index (χ1v) is 11.1. The first-order chi connectivity index (χ1) is 14.7. The van der Waals surface area contributed by atoms with Gasteiger partial charge in [-0.1, -0.05) is 29.8 Å². The largest absolute Gasteiger partial charge is 0.495 e. The molecule has 31 heavy (non-hydrogen) atoms. The Bertz CT molecular complexity index is 1170. The van der Waals surface area contributed by atoms with Crippen LogP contribution in [0.25, 0.3) is 11.3 Å². The molecule has 1 heterocycles. The molecule has 0 saturated heterocycles. The molecule has 1 amide bonds. The molecule has 0 fully saturated rings. The van der Waals surface area contributed by atoms with Crippen LogP contribution in [0.15, 0.2) is 58.0 Å². The normalized spacial score (nSPS) is 11.5. The quantitative estimate of drug-likeness (QED) is 0.572. The molecule has 0 aliphatic heterocycles. The van der Waals surface area contributed by atoms with E-state index in [2.05, 4.69) is 10.3 Å². The summed E-state index contributed by atoms with van der Waals surface area (Å²) >= 11 is 0. The molecule has 3 aromatic rings. The molecular weight excluding hydrogens is 418 g/mol. The van der Waals surface area contributed by atoms with Crippen molar-refractivity contribution in [3.63, 3.8) is 0 Å². The number of carbonyl (C=O) groups excluding carboxylic acids is 1. The molecule has 164 valence electrons. The topological polar surface area (TPSA) is 102 Å². The van der Waals surface area contributed by atoms with Crippen molar-refractivity contribution in [3.05, 3.63) is 60.1 Å². The zero-order valence-corrected chi connectivity index (χ0v) is 18.7. The summed E-state index contributed by atoms with van der Waals surface area (Å²) < 4.78 is 36.8. The Morgan fingerprint density at radius 2 is 1.87 bits per heavy atom. The van der Waals surface area contributed by atoms with E-state index in [0.29, 0.717) is 23.8 Å². The minimum Gasteiger partial charge on any atom is -0.495 e. The van der Waals surface area contributed by atoms with Gasteiger partial charge in [-0.15, -0.1) is 0 Å². The average molecular weight is 444 g/mol. The number of nitrogens with zero attached hydrogens (tertiary/aromatic N) is 2. The van der Waals surface area contributed by atoms with Gasteiger partial charge in [0.25, 0.3) is 0 Å². The van der Waals surface area contributed by atoms with Gasteiger partial charge in [0.1, 0.15) is 5.75 Å². The van der Waals surface area contributed by atoms with E-state index in [1.807, 2.05) is 31.2 Å². The van der Waals surface area contributed by atoms with Gasteiger partial charge in [0.05, 0.1) is 23.9 Å². The van der Waals surface area contributed by atoms with Crippen molar-refractivity contribution in [2.45, 2.75) is 24.7 Å². The number of rotatable bonds is 8. The highest BCUT2D eigenvalue weighted by Gasteiger charge is 2.20. The van der Waals surface area contributed by atoms with E-state index in [1.54, 1.807) is 6.20 Å². The van der Waals surface area contributed by atoms with Crippen LogP contribution in [-0.2, 0) is 21.2 Å². The van der Waals surface area contributed by atoms with Gasteiger partial charge in [0, 0.05) is 32.5 Å². The van der Waals surface area contributed by atoms with E-state index in [9.17, 15) is 13.2 Å². The van der Waals surface area contributed by atoms with Crippen LogP contribution in [0.3, 0.4) is 0 Å². The maximum atomic E-state index is 12.5. The summed E-state index contributed by atoms with van der Waals surface area (Å²) in [6.45, 7) is 2.01. The van der Waals surface area contributed by atoms with E-state index < -0.39 is 10.0 Å². The van der Waals surface area contributed by atoms with E-state index >= 15 is 0 Å². The van der Waals surface area contributed by atoms with Crippen LogP contribution < -0.4 is 10.1 Å². The fourth-order valence-corrected chi connectivity index (χ4v) is 3.79. The number of methoxy groups -OCH3 is 1. The molecular formula is C22H25N3O5S. The van der Waals surface area contributed by atoms with Crippen molar-refractivity contribution >= 4 is 21.6 Å². The molecule has 0 radical (unpaired) electrons. The van der Waals surface area contributed by atoms with E-state index in [1.165, 1.54) is 39.4 Å². The first kappa shape index (κ1) is 22.5. The van der Waals surface area contributed by atoms with Gasteiger partial charge in [0.2, 0.25) is 15.9 Å². The average Bonchev–Trinajstić information content (AvgIpc) is 3.21. The third-order valence-corrected chi connectivity index (χ3v) is 6.49. The minimum atomic E-state index is -3.64. The standard InChI is InChI=1S/C22H25N3O5S/c1-15-5-7-16(8-6-15)20-14-23-22(30-20)12-11-21(26)24-18-13-17(9-10-19(18)29-4)31(27,28)25(2)3/h5-10,13-14H,11-12H2,1-4H3,(H,24,26). The molecule has 0 aliphatic rings. The molecule has 0 saturated carbocycles. The van der Waals surface area contributed by atoms with Gasteiger partial charge >= 0.3 is 0 Å². The van der Waals surface area contributed by atoms with Crippen LogP contribution in [0.1, 0.15) is 17.9 Å². The lowest BCUT2D eigenvalue weighted by Crippen LogP contribution is -2.22. The Hall–Kier alpha value is -3.17. The van der Waals surface area contributed by atoms with Crippen molar-refractivity contribution in [2.75, 3.05) is 26.5 Å². The zero-order chi connectivity index (χ0) is 22.6. The highest BCUT2D eigenvalue weighted by atomic mass is 32.2. The summed E-state index contributed by atoms with van der Waals surface area (Å²) in [4.78, 5) is 16.8. The van der Waals surface area contributed by atoms with Crippen LogP contribution in [0.4, 0.5) is 5.69 Å². The number of hydrogen-bond donors (Lipinski definition) is 1. The summed E-state index contributed by atoms with van der Waals surface area (Å²) in [6, 6.07) is 12.2. The monoisotopic (exact) mass is 443 g/mol. The zero-order valence-electron chi connectivity index (χ0n) is 17.9. The van der Waals surface area contributed by atoms with Crippen LogP contribution in [0, 0.1) is 6.92 Å². The predicted octanol–water partition coefficient (Wildman–Crippen LogP) is 3.48. The van der Waals surface area contributed by atoms with E-state index in [4.69, 9.17) is 9.15 Å². The summed E-state index contributed by atoms with van der Waals surface area (Å²) in [5.41, 5.74) is 2.35. The summed E-state index contributed by atoms with van der Waals surface area (Å²) in [6.07, 6.45) is 2.05. The maximum Gasteiger partial charge on any atom is 0.242 e. The number of carbonyl (C=O) groups is 1. The van der Waals surface area contributed by atoms with Crippen LogP contribution >= 0.6 is 0 Å². The van der Waals surface area contributed by atoms with Gasteiger partial charge < -0.3 is 14.5 Å². The Kier molecular flexibility index (Phi) is 6.77. The SMILES string of the molecule is COc1ccc(S(=O)(=O)N(C)C)cc1NC(=O)CCc1ncc(-c2ccc(C)cc2)o1. The van der Waals surface area contributed by atoms with Gasteiger partial charge in [-0.3, -0.25) is 4.79 Å². The maximum absolute atomic E-state index is 12.5. The number of anilines is 1. The molecule has 9 heteroatoms. The molecule has 3 rings (SSSR count). The minimum absolute atomic E-state index is 0.0593. The van der Waals surface area contributed by atoms with Crippen molar-refractivity contribution < 1.29 is 22.4 Å². The first-order valence-electron chi connectivity index (χ1n) is 9.63. The van der Waals surface area contributed by atoms with Crippen LogP contribution in [-0.4, -0.2) is 44.8 Å². The van der Waals surface area contributed by atoms with Crippen molar-refractivity contribution in [1.29, 1.82) is 0 Å². The highest BCUT2D eigenvalue weighted by Crippen LogP contribution is 2.29. The van der Waals surface area contributed by atoms with Gasteiger partial charge in [-0.2, -0.15) is 0 Å². The number of hydrogen-bond acceptors (Lipinski definition) is 6. The Labute approximate surface area is 181 Å². The molecule has 0 unspecified atom stereocenters. The number of oxazole rings is 1. The number of sulfonamides is 1. The third-order valence-electron chi connectivity index (χ3n) is 4.68. The summed E-state index contributed by atoms with van der Waals surface area (Å²) in [5.74, 6) is 1.14. The predicted molar refractivity (Wildman–Crippen MR) is 117 cm³/mol. The number of nitrogens with one attached hydrogen (secondary N) is 1. The Balaban J connectivity index is 1.68. The molecule has 0 aliphatic carbocycles. The number of aromatic nitrogens is 1. The molecule has 1 N–H and O–H groups in total. The van der Waals surface area contributed by atoms with Gasteiger partial charge in [-0.25, -0.2) is 17.7 Å². The third kappa shape index (κ3) is 5.31. The number of ether oxygens (including phenoxy) is 1. The van der Waals surface area contributed by atoms with E-state index in [0.717, 1.165) is 15.4 Å². The second kappa shape index (κ2) is 9.32. The Morgan fingerprint density at radius 1 is 1.16 bits per heavy atom. The Morgan fingerprint density at radius 3 is 2.52 bits per heavy atom. The van der Waals surface area contributed by atoms with Crippen molar-refractivity contribution in [2.24, 2.45) is 0 Å². The molecule has 8 nitrogen and oxygen atoms in total. The van der Waals surface area contributed by atoms with E-state index in [-0.39, 0.29) is 22.9 Å². The lowest BCUT2D eigenvalue weighted by Gasteiger charge is -2.15. The number of aryl methyl sites for hydroxylation is 2. The lowest BCUT2D eigenvalue weighted by molar-refractivity contribution is -0.116. The molecule has 0 spiro atoms. The molecule has 1 aromatic heterocycles. The number of amides is 1. The molecule has 0 atom stereocenters. The molecule has 2 aromatic carbocycles. The fraction of sp³-hybridized carbons (Fsp3) is 0.273. The van der Waals surface area contributed by atoms with Gasteiger partial charge in [-0.05, 0) is 25.1 Å². The fourth-order valence-electron chi connectivity index (χ4n) is 2.87.